The minimum atomic E-state index is -1.63. The molecule has 1 aromatic carbocycles. The fraction of sp³-hybridized carbons (Fsp3) is 0.421. The second-order valence-corrected chi connectivity index (χ2v) is 7.26. The van der Waals surface area contributed by atoms with Gasteiger partial charge in [-0.3, -0.25) is 9.78 Å². The van der Waals surface area contributed by atoms with Gasteiger partial charge < -0.3 is 29.9 Å². The van der Waals surface area contributed by atoms with Crippen LogP contribution in [0.5, 0.6) is 0 Å². The first kappa shape index (κ1) is 20.9. The van der Waals surface area contributed by atoms with Crippen LogP contribution in [0.1, 0.15) is 5.56 Å². The van der Waals surface area contributed by atoms with Crippen LogP contribution in [0.15, 0.2) is 27.8 Å². The maximum absolute atomic E-state index is 12.3. The molecule has 3 atom stereocenters. The largest absolute Gasteiger partial charge is 0.394 e. The van der Waals surface area contributed by atoms with Crippen LogP contribution in [-0.4, -0.2) is 74.0 Å². The van der Waals surface area contributed by atoms with E-state index in [4.69, 9.17) is 5.11 Å². The molecule has 3 unspecified atom stereocenters. The van der Waals surface area contributed by atoms with Gasteiger partial charge in [-0.05, 0) is 36.1 Å². The van der Waals surface area contributed by atoms with Crippen LogP contribution in [0.2, 0.25) is 0 Å². The van der Waals surface area contributed by atoms with Crippen LogP contribution in [0, 0.1) is 6.92 Å². The lowest BCUT2D eigenvalue weighted by Gasteiger charge is -2.26. The van der Waals surface area contributed by atoms with Crippen molar-refractivity contribution in [2.75, 3.05) is 25.6 Å². The van der Waals surface area contributed by atoms with E-state index < -0.39 is 36.2 Å². The fourth-order valence-electron chi connectivity index (χ4n) is 3.44. The molecule has 0 bridgehead atoms. The summed E-state index contributed by atoms with van der Waals surface area (Å²) < 4.78 is 1.46. The van der Waals surface area contributed by atoms with E-state index in [0.717, 1.165) is 11.3 Å². The van der Waals surface area contributed by atoms with Crippen molar-refractivity contribution in [1.82, 2.24) is 14.5 Å². The van der Waals surface area contributed by atoms with Crippen LogP contribution in [-0.2, 0) is 6.54 Å². The maximum atomic E-state index is 12.3. The Morgan fingerprint density at radius 2 is 1.83 bits per heavy atom. The van der Waals surface area contributed by atoms with Crippen molar-refractivity contribution in [2.45, 2.75) is 31.8 Å². The maximum Gasteiger partial charge on any atom is 0.349 e. The molecule has 0 radical (unpaired) electrons. The van der Waals surface area contributed by atoms with Gasteiger partial charge in [-0.15, -0.1) is 0 Å². The Labute approximate surface area is 165 Å². The first-order valence-corrected chi connectivity index (χ1v) is 9.04. The zero-order chi connectivity index (χ0) is 21.5. The van der Waals surface area contributed by atoms with E-state index in [1.165, 1.54) is 4.57 Å². The summed E-state index contributed by atoms with van der Waals surface area (Å²) in [6, 6.07) is 5.32. The third-order valence-corrected chi connectivity index (χ3v) is 4.93. The normalized spacial score (nSPS) is 14.9. The number of aryl methyl sites for hydroxylation is 1. The number of nitrogens with one attached hydrogen (secondary N) is 1. The molecule has 29 heavy (non-hydrogen) atoms. The summed E-state index contributed by atoms with van der Waals surface area (Å²) in [6.07, 6.45) is -4.67. The number of H-pyrrole nitrogens is 1. The van der Waals surface area contributed by atoms with Gasteiger partial charge in [0.2, 0.25) is 0 Å². The van der Waals surface area contributed by atoms with E-state index in [9.17, 15) is 24.9 Å². The smallest absolute Gasteiger partial charge is 0.349 e. The van der Waals surface area contributed by atoms with Crippen LogP contribution in [0.4, 0.5) is 5.69 Å². The van der Waals surface area contributed by atoms with Gasteiger partial charge in [0.1, 0.15) is 18.3 Å². The number of benzene rings is 1. The predicted molar refractivity (Wildman–Crippen MR) is 107 cm³/mol. The molecule has 0 saturated carbocycles. The molecular formula is C19H24N4O6. The van der Waals surface area contributed by atoms with Gasteiger partial charge in [0.15, 0.2) is 5.82 Å². The monoisotopic (exact) mass is 404 g/mol. The number of hydrogen-bond donors (Lipinski definition) is 5. The molecule has 5 N–H and O–H groups in total. The Morgan fingerprint density at radius 1 is 1.14 bits per heavy atom. The molecule has 1 aromatic rings. The van der Waals surface area contributed by atoms with Crippen molar-refractivity contribution in [3.8, 4) is 11.4 Å². The lowest BCUT2D eigenvalue weighted by molar-refractivity contribution is -0.0802. The average molecular weight is 404 g/mol. The number of rotatable bonds is 6. The van der Waals surface area contributed by atoms with Crippen molar-refractivity contribution in [1.29, 1.82) is 0 Å². The Morgan fingerprint density at radius 3 is 2.45 bits per heavy atom. The molecule has 0 spiro atoms. The van der Waals surface area contributed by atoms with E-state index in [-0.39, 0.29) is 17.9 Å². The van der Waals surface area contributed by atoms with Crippen LogP contribution in [0.25, 0.3) is 22.3 Å². The highest BCUT2D eigenvalue weighted by Crippen LogP contribution is 2.30. The van der Waals surface area contributed by atoms with Crippen molar-refractivity contribution in [2.24, 2.45) is 0 Å². The summed E-state index contributed by atoms with van der Waals surface area (Å²) in [5.41, 5.74) is 1.11. The van der Waals surface area contributed by atoms with Gasteiger partial charge in [-0.2, -0.15) is 4.98 Å². The highest BCUT2D eigenvalue weighted by molar-refractivity contribution is 5.89. The molecule has 2 heterocycles. The van der Waals surface area contributed by atoms with Crippen molar-refractivity contribution in [3.05, 3.63) is 44.6 Å². The number of hydrogen-bond acceptors (Lipinski definition) is 8. The van der Waals surface area contributed by atoms with Crippen molar-refractivity contribution in [3.63, 3.8) is 0 Å². The number of fused-ring (bicyclic) bond motifs is 2. The number of pyridine rings is 1. The number of aromatic amines is 1. The van der Waals surface area contributed by atoms with Crippen LogP contribution < -0.4 is 16.1 Å². The van der Waals surface area contributed by atoms with E-state index >= 15 is 0 Å². The number of anilines is 1. The molecule has 0 saturated heterocycles. The molecule has 3 rings (SSSR count). The molecule has 0 amide bonds. The lowest BCUT2D eigenvalue weighted by atomic mass is 10.0. The van der Waals surface area contributed by atoms with Crippen molar-refractivity contribution < 1.29 is 20.4 Å². The third kappa shape index (κ3) is 3.87. The summed E-state index contributed by atoms with van der Waals surface area (Å²) in [5, 5.41) is 39.8. The Kier molecular flexibility index (Phi) is 5.71. The van der Waals surface area contributed by atoms with Gasteiger partial charge in [-0.25, -0.2) is 4.79 Å². The van der Waals surface area contributed by atoms with Crippen molar-refractivity contribution >= 4 is 16.6 Å². The predicted octanol–water partition coefficient (Wildman–Crippen LogP) is -1.36. The molecule has 0 aliphatic carbocycles. The Balaban J connectivity index is 2.31. The molecule has 156 valence electrons. The highest BCUT2D eigenvalue weighted by atomic mass is 16.4. The van der Waals surface area contributed by atoms with E-state index in [1.54, 1.807) is 6.07 Å². The summed E-state index contributed by atoms with van der Waals surface area (Å²) >= 11 is 0. The minimum absolute atomic E-state index is 0.0459. The number of aliphatic hydroxyl groups is 4. The van der Waals surface area contributed by atoms with Gasteiger partial charge >= 0.3 is 5.69 Å². The standard InChI is InChI=1S/C19H24N4O6/c1-9-4-10-5-11-17(20-19(29)21-18(11)28)23(13(10)6-12(9)22(2)3)7-14(25)16(27)15(26)8-24/h4-6,14-16,24-27H,7-8H2,1-3H3,(H,21,28,29). The van der Waals surface area contributed by atoms with E-state index in [1.807, 2.05) is 38.1 Å². The quantitative estimate of drug-likeness (QED) is 0.316. The Hall–Kier alpha value is -2.79. The number of aromatic nitrogens is 3. The zero-order valence-electron chi connectivity index (χ0n) is 16.3. The fourth-order valence-corrected chi connectivity index (χ4v) is 3.44. The minimum Gasteiger partial charge on any atom is -0.394 e. The first-order valence-electron chi connectivity index (χ1n) is 9.04. The summed E-state index contributed by atoms with van der Waals surface area (Å²) in [7, 11) is 3.74. The summed E-state index contributed by atoms with van der Waals surface area (Å²) in [6.45, 7) is 0.923. The topological polar surface area (TPSA) is 152 Å². The molecule has 0 aromatic heterocycles. The SMILES string of the molecule is Cc1cc2cc3c(=O)[nH]c(=O)nc-3n(CC(O)C(O)C(O)CO)c2cc1N(C)C. The molecule has 10 nitrogen and oxygen atoms in total. The van der Waals surface area contributed by atoms with Gasteiger partial charge in [0.25, 0.3) is 5.56 Å². The second kappa shape index (κ2) is 7.91. The summed E-state index contributed by atoms with van der Waals surface area (Å²) in [5.74, 6) is 0.0459. The lowest BCUT2D eigenvalue weighted by Crippen LogP contribution is -2.42. The van der Waals surface area contributed by atoms with E-state index in [2.05, 4.69) is 9.97 Å². The zero-order valence-corrected chi connectivity index (χ0v) is 16.3. The Bertz CT molecular complexity index is 1120. The molecule has 2 aliphatic rings. The van der Waals surface area contributed by atoms with Gasteiger partial charge in [0.05, 0.1) is 24.2 Å². The molecular weight excluding hydrogens is 380 g/mol. The van der Waals surface area contributed by atoms with Crippen LogP contribution >= 0.6 is 0 Å². The molecule has 2 aliphatic heterocycles. The first-order chi connectivity index (χ1) is 13.6. The molecule has 0 fully saturated rings. The number of nitrogens with zero attached hydrogens (tertiary/aromatic N) is 3. The third-order valence-electron chi connectivity index (χ3n) is 4.93. The average Bonchev–Trinajstić information content (AvgIpc) is 2.66. The van der Waals surface area contributed by atoms with Gasteiger partial charge in [0, 0.05) is 19.8 Å². The van der Waals surface area contributed by atoms with E-state index in [0.29, 0.717) is 10.9 Å². The molecule has 10 heteroatoms. The van der Waals surface area contributed by atoms with Gasteiger partial charge in [-0.1, -0.05) is 0 Å². The second-order valence-electron chi connectivity index (χ2n) is 7.26. The highest BCUT2D eigenvalue weighted by Gasteiger charge is 2.27. The number of aliphatic hydroxyl groups excluding tert-OH is 4. The van der Waals surface area contributed by atoms with Crippen LogP contribution in [0.3, 0.4) is 0 Å². The summed E-state index contributed by atoms with van der Waals surface area (Å²) in [4.78, 5) is 32.1.